The van der Waals surface area contributed by atoms with Crippen molar-refractivity contribution < 1.29 is 31.4 Å². The summed E-state index contributed by atoms with van der Waals surface area (Å²) in [5, 5.41) is 3.34. The Morgan fingerprint density at radius 1 is 1.21 bits per heavy atom. The highest BCUT2D eigenvalue weighted by molar-refractivity contribution is 5.97. The molecule has 13 heteroatoms. The lowest BCUT2D eigenvalue weighted by Crippen LogP contribution is -2.53. The van der Waals surface area contributed by atoms with Gasteiger partial charge in [-0.05, 0) is 18.6 Å². The van der Waals surface area contributed by atoms with Crippen molar-refractivity contribution in [1.29, 1.82) is 0 Å². The fourth-order valence-corrected chi connectivity index (χ4v) is 4.42. The van der Waals surface area contributed by atoms with Gasteiger partial charge in [-0.15, -0.1) is 0 Å². The highest BCUT2D eigenvalue weighted by atomic mass is 19.4. The molecule has 1 atom stereocenters. The van der Waals surface area contributed by atoms with Crippen LogP contribution in [0.1, 0.15) is 11.1 Å². The van der Waals surface area contributed by atoms with E-state index in [9.17, 15) is 17.6 Å². The Labute approximate surface area is 189 Å². The summed E-state index contributed by atoms with van der Waals surface area (Å²) in [5.41, 5.74) is 1.14. The molecule has 0 spiro atoms. The van der Waals surface area contributed by atoms with Crippen LogP contribution < -0.4 is 25.4 Å². The molecule has 0 amide bonds. The van der Waals surface area contributed by atoms with Crippen LogP contribution in [0.15, 0.2) is 6.07 Å². The largest absolute Gasteiger partial charge is 0.475 e. The summed E-state index contributed by atoms with van der Waals surface area (Å²) in [4.78, 5) is 14.4. The minimum Gasteiger partial charge on any atom is -0.475 e. The van der Waals surface area contributed by atoms with Crippen LogP contribution in [-0.4, -0.2) is 54.3 Å². The van der Waals surface area contributed by atoms with Crippen molar-refractivity contribution in [2.75, 3.05) is 44.0 Å². The average molecular weight is 482 g/mol. The fraction of sp³-hybridized carbons (Fsp3) is 0.381. The van der Waals surface area contributed by atoms with Gasteiger partial charge in [0.05, 0.1) is 24.4 Å². The first-order valence-electron chi connectivity index (χ1n) is 10.3. The predicted octanol–water partition coefficient (Wildman–Crippen LogP) is 3.06. The predicted molar refractivity (Wildman–Crippen MR) is 113 cm³/mol. The molecule has 1 fully saturated rings. The number of nitrogens with two attached hydrogens (primary N) is 1. The van der Waals surface area contributed by atoms with Crippen LogP contribution in [0.3, 0.4) is 0 Å². The Morgan fingerprint density at radius 2 is 1.97 bits per heavy atom. The van der Waals surface area contributed by atoms with Gasteiger partial charge >= 0.3 is 12.2 Å². The second kappa shape index (κ2) is 7.79. The van der Waals surface area contributed by atoms with Gasteiger partial charge < -0.3 is 25.4 Å². The molecule has 2 aliphatic heterocycles. The van der Waals surface area contributed by atoms with Gasteiger partial charge in [0.25, 0.3) is 0 Å². The SMILES string of the molecule is COc1nc2c3c(nc(-c4cc(N)c(F)c(C)c4C(F)(F)F)c(F)c3n1)OCC1CNCCN21. The summed E-state index contributed by atoms with van der Waals surface area (Å²) < 4.78 is 83.0. The number of pyridine rings is 1. The zero-order chi connectivity index (χ0) is 24.4. The summed E-state index contributed by atoms with van der Waals surface area (Å²) in [6, 6.07) is 0.361. The maximum absolute atomic E-state index is 15.9. The third-order valence-electron chi connectivity index (χ3n) is 6.00. The van der Waals surface area contributed by atoms with Gasteiger partial charge in [0.1, 0.15) is 34.8 Å². The fourth-order valence-electron chi connectivity index (χ4n) is 4.42. The van der Waals surface area contributed by atoms with Crippen molar-refractivity contribution in [2.45, 2.75) is 19.1 Å². The van der Waals surface area contributed by atoms with E-state index in [0.29, 0.717) is 25.5 Å². The Kier molecular flexibility index (Phi) is 5.11. The van der Waals surface area contributed by atoms with Gasteiger partial charge in [0, 0.05) is 25.2 Å². The van der Waals surface area contributed by atoms with Crippen molar-refractivity contribution in [3.63, 3.8) is 0 Å². The van der Waals surface area contributed by atoms with Gasteiger partial charge in [0.15, 0.2) is 5.82 Å². The van der Waals surface area contributed by atoms with Gasteiger partial charge in [-0.2, -0.15) is 23.1 Å². The summed E-state index contributed by atoms with van der Waals surface area (Å²) >= 11 is 0. The molecule has 180 valence electrons. The van der Waals surface area contributed by atoms with E-state index >= 15 is 4.39 Å². The number of nitrogen functional groups attached to an aromatic ring is 1. The molecule has 2 aliphatic rings. The Hall–Kier alpha value is -3.48. The highest BCUT2D eigenvalue weighted by Crippen LogP contribution is 2.45. The van der Waals surface area contributed by atoms with Gasteiger partial charge in [0.2, 0.25) is 5.88 Å². The van der Waals surface area contributed by atoms with Crippen LogP contribution in [0.4, 0.5) is 33.5 Å². The number of benzene rings is 1. The Morgan fingerprint density at radius 3 is 2.68 bits per heavy atom. The van der Waals surface area contributed by atoms with Crippen LogP contribution in [0.5, 0.6) is 11.9 Å². The molecule has 2 aromatic heterocycles. The molecular formula is C21H19F5N6O2. The van der Waals surface area contributed by atoms with E-state index in [0.717, 1.165) is 13.0 Å². The number of hydrogen-bond donors (Lipinski definition) is 2. The van der Waals surface area contributed by atoms with E-state index in [1.807, 2.05) is 4.90 Å². The normalized spacial score (nSPS) is 17.9. The third kappa shape index (κ3) is 3.33. The monoisotopic (exact) mass is 482 g/mol. The first-order chi connectivity index (χ1) is 16.1. The molecule has 34 heavy (non-hydrogen) atoms. The number of nitrogens with zero attached hydrogens (tertiary/aromatic N) is 4. The van der Waals surface area contributed by atoms with Crippen molar-refractivity contribution in [3.8, 4) is 23.1 Å². The van der Waals surface area contributed by atoms with Crippen LogP contribution in [-0.2, 0) is 6.18 Å². The number of nitrogens with one attached hydrogen (secondary N) is 1. The number of fused-ring (bicyclic) bond motifs is 2. The molecule has 1 aromatic carbocycles. The molecule has 5 rings (SSSR count). The molecule has 1 unspecified atom stereocenters. The van der Waals surface area contributed by atoms with Crippen LogP contribution in [0.25, 0.3) is 22.2 Å². The summed E-state index contributed by atoms with van der Waals surface area (Å²) in [7, 11) is 1.29. The molecular weight excluding hydrogens is 463 g/mol. The van der Waals surface area contributed by atoms with Crippen molar-refractivity contribution >= 4 is 22.4 Å². The molecule has 0 saturated carbocycles. The highest BCUT2D eigenvalue weighted by Gasteiger charge is 2.40. The van der Waals surface area contributed by atoms with E-state index < -0.39 is 45.9 Å². The molecule has 3 aromatic rings. The number of halogens is 5. The average Bonchev–Trinajstić information content (AvgIpc) is 2.96. The van der Waals surface area contributed by atoms with Crippen LogP contribution in [0.2, 0.25) is 0 Å². The number of rotatable bonds is 2. The lowest BCUT2D eigenvalue weighted by molar-refractivity contribution is -0.137. The molecule has 0 aliphatic carbocycles. The van der Waals surface area contributed by atoms with Crippen LogP contribution in [0, 0.1) is 18.6 Å². The summed E-state index contributed by atoms with van der Waals surface area (Å²) in [5.74, 6) is -2.21. The summed E-state index contributed by atoms with van der Waals surface area (Å²) in [6.45, 7) is 2.75. The molecule has 0 radical (unpaired) electrons. The molecule has 3 N–H and O–H groups in total. The van der Waals surface area contributed by atoms with Gasteiger partial charge in [-0.25, -0.2) is 13.8 Å². The minimum absolute atomic E-state index is 0.117. The first kappa shape index (κ1) is 22.3. The number of methoxy groups -OCH3 is 1. The van der Waals surface area contributed by atoms with Crippen molar-refractivity contribution in [3.05, 3.63) is 28.8 Å². The van der Waals surface area contributed by atoms with Crippen molar-refractivity contribution in [1.82, 2.24) is 20.3 Å². The third-order valence-corrected chi connectivity index (χ3v) is 6.00. The standard InChI is InChI=1S/C21H19F5N6O2/c1-8-13(21(24,25)26)10(5-11(27)14(8)22)16-15(23)17-12-18(31-20(30-17)33-2)32-4-3-28-6-9(32)7-34-19(12)29-16/h5,9,28H,3-4,6-7,27H2,1-2H3. The van der Waals surface area contributed by atoms with Gasteiger partial charge in [-0.1, -0.05) is 0 Å². The van der Waals surface area contributed by atoms with Crippen LogP contribution >= 0.6 is 0 Å². The summed E-state index contributed by atoms with van der Waals surface area (Å²) in [6.07, 6.45) is -5.01. The second-order valence-corrected chi connectivity index (χ2v) is 8.02. The second-order valence-electron chi connectivity index (χ2n) is 8.02. The number of aromatic nitrogens is 3. The van der Waals surface area contributed by atoms with E-state index in [1.165, 1.54) is 7.11 Å². The molecule has 4 heterocycles. The quantitative estimate of drug-likeness (QED) is 0.425. The number of alkyl halides is 3. The smallest absolute Gasteiger partial charge is 0.417 e. The number of ether oxygens (including phenoxy) is 2. The molecule has 8 nitrogen and oxygen atoms in total. The van der Waals surface area contributed by atoms with E-state index in [-0.39, 0.29) is 35.4 Å². The zero-order valence-corrected chi connectivity index (χ0v) is 18.1. The lowest BCUT2D eigenvalue weighted by atomic mass is 9.96. The maximum atomic E-state index is 15.9. The van der Waals surface area contributed by atoms with E-state index in [2.05, 4.69) is 20.3 Å². The number of piperazine rings is 1. The Balaban J connectivity index is 1.86. The van der Waals surface area contributed by atoms with E-state index in [4.69, 9.17) is 15.2 Å². The first-order valence-corrected chi connectivity index (χ1v) is 10.3. The number of hydrogen-bond acceptors (Lipinski definition) is 8. The Bertz CT molecular complexity index is 1320. The number of anilines is 2. The zero-order valence-electron chi connectivity index (χ0n) is 18.1. The maximum Gasteiger partial charge on any atom is 0.417 e. The van der Waals surface area contributed by atoms with Crippen molar-refractivity contribution in [2.24, 2.45) is 0 Å². The van der Waals surface area contributed by atoms with Gasteiger partial charge in [-0.3, -0.25) is 0 Å². The van der Waals surface area contributed by atoms with E-state index in [1.54, 1.807) is 0 Å². The minimum atomic E-state index is -5.01. The molecule has 0 bridgehead atoms. The molecule has 1 saturated heterocycles. The topological polar surface area (TPSA) is 98.4 Å². The lowest BCUT2D eigenvalue weighted by Gasteiger charge is -2.35.